The highest BCUT2D eigenvalue weighted by Gasteiger charge is 2.26. The van der Waals surface area contributed by atoms with Crippen LogP contribution in [0.25, 0.3) is 0 Å². The van der Waals surface area contributed by atoms with Gasteiger partial charge in [-0.3, -0.25) is 0 Å². The second-order valence-corrected chi connectivity index (χ2v) is 5.82. The van der Waals surface area contributed by atoms with Crippen LogP contribution in [-0.4, -0.2) is 37.6 Å². The van der Waals surface area contributed by atoms with Crippen LogP contribution in [-0.2, 0) is 6.42 Å². The summed E-state index contributed by atoms with van der Waals surface area (Å²) in [5.74, 6) is 0.769. The Morgan fingerprint density at radius 3 is 3.00 bits per heavy atom. The van der Waals surface area contributed by atoms with Crippen LogP contribution in [0.15, 0.2) is 24.3 Å². The molecule has 0 saturated carbocycles. The van der Waals surface area contributed by atoms with Gasteiger partial charge in [0.15, 0.2) is 0 Å². The molecule has 1 aromatic carbocycles. The number of aryl methyl sites for hydroxylation is 1. The standard InChI is InChI=1S/C16H24N2/c1-17-15-9-10-18(12-15)11-14-7-4-6-13-5-2-3-8-16(13)14/h2-3,5,8,14-15,17H,4,6-7,9-12H2,1H3. The molecule has 0 radical (unpaired) electrons. The van der Waals surface area contributed by atoms with Gasteiger partial charge in [-0.05, 0) is 56.3 Å². The van der Waals surface area contributed by atoms with Crippen LogP contribution in [0.3, 0.4) is 0 Å². The molecule has 1 fully saturated rings. The van der Waals surface area contributed by atoms with E-state index in [9.17, 15) is 0 Å². The molecule has 2 heteroatoms. The molecular formula is C16H24N2. The third-order valence-electron chi connectivity index (χ3n) is 4.65. The first-order valence-electron chi connectivity index (χ1n) is 7.34. The molecule has 2 aliphatic rings. The van der Waals surface area contributed by atoms with Crippen molar-refractivity contribution in [3.05, 3.63) is 35.4 Å². The minimum Gasteiger partial charge on any atom is -0.316 e. The van der Waals surface area contributed by atoms with E-state index in [1.807, 2.05) is 0 Å². The third kappa shape index (κ3) is 2.45. The fourth-order valence-corrected chi connectivity index (χ4v) is 3.59. The zero-order valence-corrected chi connectivity index (χ0v) is 11.4. The molecule has 2 nitrogen and oxygen atoms in total. The molecule has 18 heavy (non-hydrogen) atoms. The number of benzene rings is 1. The SMILES string of the molecule is CNC1CCN(CC2CCCc3ccccc32)C1. The molecule has 0 aromatic heterocycles. The molecule has 1 aliphatic carbocycles. The number of likely N-dealkylation sites (N-methyl/N-ethyl adjacent to an activating group) is 1. The molecule has 0 bridgehead atoms. The van der Waals surface area contributed by atoms with E-state index in [2.05, 4.69) is 41.5 Å². The quantitative estimate of drug-likeness (QED) is 0.878. The number of nitrogens with zero attached hydrogens (tertiary/aromatic N) is 1. The molecular weight excluding hydrogens is 220 g/mol. The molecule has 1 heterocycles. The summed E-state index contributed by atoms with van der Waals surface area (Å²) in [6.07, 6.45) is 5.33. The van der Waals surface area contributed by atoms with Crippen molar-refractivity contribution in [2.24, 2.45) is 0 Å². The van der Waals surface area contributed by atoms with Gasteiger partial charge in [0.1, 0.15) is 0 Å². The predicted octanol–water partition coefficient (Wildman–Crippen LogP) is 2.40. The Morgan fingerprint density at radius 2 is 2.17 bits per heavy atom. The Morgan fingerprint density at radius 1 is 1.28 bits per heavy atom. The molecule has 1 aromatic rings. The molecule has 0 amide bonds. The van der Waals surface area contributed by atoms with Crippen molar-refractivity contribution in [2.75, 3.05) is 26.7 Å². The van der Waals surface area contributed by atoms with Gasteiger partial charge in [0.25, 0.3) is 0 Å². The molecule has 98 valence electrons. The van der Waals surface area contributed by atoms with Crippen LogP contribution in [0.4, 0.5) is 0 Å². The van der Waals surface area contributed by atoms with Gasteiger partial charge >= 0.3 is 0 Å². The maximum atomic E-state index is 3.41. The average Bonchev–Trinajstić information content (AvgIpc) is 2.87. The van der Waals surface area contributed by atoms with Crippen LogP contribution in [0.1, 0.15) is 36.3 Å². The van der Waals surface area contributed by atoms with Crippen LogP contribution in [0, 0.1) is 0 Å². The lowest BCUT2D eigenvalue weighted by molar-refractivity contribution is 0.294. The van der Waals surface area contributed by atoms with E-state index in [1.165, 1.54) is 45.3 Å². The maximum Gasteiger partial charge on any atom is 0.0204 e. The van der Waals surface area contributed by atoms with Crippen molar-refractivity contribution < 1.29 is 0 Å². The highest BCUT2D eigenvalue weighted by Crippen LogP contribution is 2.32. The lowest BCUT2D eigenvalue weighted by Gasteiger charge is -2.29. The lowest BCUT2D eigenvalue weighted by Crippen LogP contribution is -2.32. The van der Waals surface area contributed by atoms with E-state index in [0.717, 1.165) is 5.92 Å². The van der Waals surface area contributed by atoms with Crippen LogP contribution in [0.5, 0.6) is 0 Å². The summed E-state index contributed by atoms with van der Waals surface area (Å²) in [6.45, 7) is 3.76. The zero-order chi connectivity index (χ0) is 12.4. The first-order valence-corrected chi connectivity index (χ1v) is 7.34. The van der Waals surface area contributed by atoms with Crippen molar-refractivity contribution in [3.8, 4) is 0 Å². The smallest absolute Gasteiger partial charge is 0.0204 e. The van der Waals surface area contributed by atoms with Gasteiger partial charge in [0.05, 0.1) is 0 Å². The van der Waals surface area contributed by atoms with Gasteiger partial charge in [-0.2, -0.15) is 0 Å². The topological polar surface area (TPSA) is 15.3 Å². The Hall–Kier alpha value is -0.860. The van der Waals surface area contributed by atoms with Crippen LogP contribution in [0.2, 0.25) is 0 Å². The number of rotatable bonds is 3. The largest absolute Gasteiger partial charge is 0.316 e. The third-order valence-corrected chi connectivity index (χ3v) is 4.65. The van der Waals surface area contributed by atoms with Gasteiger partial charge in [-0.15, -0.1) is 0 Å². The number of hydrogen-bond acceptors (Lipinski definition) is 2. The average molecular weight is 244 g/mol. The predicted molar refractivity (Wildman–Crippen MR) is 76.0 cm³/mol. The Kier molecular flexibility index (Phi) is 3.67. The van der Waals surface area contributed by atoms with Gasteiger partial charge < -0.3 is 10.2 Å². The van der Waals surface area contributed by atoms with Crippen molar-refractivity contribution in [1.29, 1.82) is 0 Å². The molecule has 1 saturated heterocycles. The first kappa shape index (κ1) is 12.2. The van der Waals surface area contributed by atoms with Gasteiger partial charge in [-0.25, -0.2) is 0 Å². The maximum absolute atomic E-state index is 3.41. The summed E-state index contributed by atoms with van der Waals surface area (Å²) in [7, 11) is 2.09. The summed E-state index contributed by atoms with van der Waals surface area (Å²) in [5.41, 5.74) is 3.22. The van der Waals surface area contributed by atoms with E-state index in [-0.39, 0.29) is 0 Å². The summed E-state index contributed by atoms with van der Waals surface area (Å²) in [4.78, 5) is 2.65. The number of nitrogens with one attached hydrogen (secondary N) is 1. The van der Waals surface area contributed by atoms with E-state index in [1.54, 1.807) is 11.1 Å². The lowest BCUT2D eigenvalue weighted by atomic mass is 9.82. The van der Waals surface area contributed by atoms with Gasteiger partial charge in [0.2, 0.25) is 0 Å². The molecule has 1 N–H and O–H groups in total. The van der Waals surface area contributed by atoms with Crippen LogP contribution >= 0.6 is 0 Å². The molecule has 2 atom stereocenters. The molecule has 1 aliphatic heterocycles. The van der Waals surface area contributed by atoms with E-state index in [0.29, 0.717) is 6.04 Å². The summed E-state index contributed by atoms with van der Waals surface area (Å²) < 4.78 is 0. The van der Waals surface area contributed by atoms with Crippen molar-refractivity contribution in [2.45, 2.75) is 37.6 Å². The minimum atomic E-state index is 0.712. The highest BCUT2D eigenvalue weighted by atomic mass is 15.2. The fraction of sp³-hybridized carbons (Fsp3) is 0.625. The summed E-state index contributed by atoms with van der Waals surface area (Å²) in [6, 6.07) is 9.78. The summed E-state index contributed by atoms with van der Waals surface area (Å²) in [5, 5.41) is 3.41. The van der Waals surface area contributed by atoms with Crippen molar-refractivity contribution in [1.82, 2.24) is 10.2 Å². The van der Waals surface area contributed by atoms with Gasteiger partial charge in [-0.1, -0.05) is 24.3 Å². The van der Waals surface area contributed by atoms with Crippen molar-refractivity contribution in [3.63, 3.8) is 0 Å². The Balaban J connectivity index is 1.67. The monoisotopic (exact) mass is 244 g/mol. The minimum absolute atomic E-state index is 0.712. The molecule has 0 spiro atoms. The molecule has 2 unspecified atom stereocenters. The Labute approximate surface area is 110 Å². The summed E-state index contributed by atoms with van der Waals surface area (Å²) >= 11 is 0. The number of fused-ring (bicyclic) bond motifs is 1. The van der Waals surface area contributed by atoms with Crippen LogP contribution < -0.4 is 5.32 Å². The zero-order valence-electron chi connectivity index (χ0n) is 11.4. The van der Waals surface area contributed by atoms with E-state index >= 15 is 0 Å². The second-order valence-electron chi connectivity index (χ2n) is 5.82. The first-order chi connectivity index (χ1) is 8.86. The second kappa shape index (κ2) is 5.41. The highest BCUT2D eigenvalue weighted by molar-refractivity contribution is 5.32. The Bertz CT molecular complexity index is 402. The number of likely N-dealkylation sites (tertiary alicyclic amines) is 1. The molecule has 3 rings (SSSR count). The number of hydrogen-bond donors (Lipinski definition) is 1. The van der Waals surface area contributed by atoms with E-state index < -0.39 is 0 Å². The van der Waals surface area contributed by atoms with Gasteiger partial charge in [0, 0.05) is 19.1 Å². The van der Waals surface area contributed by atoms with Crippen molar-refractivity contribution >= 4 is 0 Å². The van der Waals surface area contributed by atoms with E-state index in [4.69, 9.17) is 0 Å². The fourth-order valence-electron chi connectivity index (χ4n) is 3.59. The normalized spacial score (nSPS) is 28.3.